The van der Waals surface area contributed by atoms with E-state index in [9.17, 15) is 18.0 Å². The smallest absolute Gasteiger partial charge is 0.244 e. The molecule has 0 unspecified atom stereocenters. The van der Waals surface area contributed by atoms with Crippen molar-refractivity contribution in [1.82, 2.24) is 10.2 Å². The highest BCUT2D eigenvalue weighted by atomic mass is 79.9. The molecule has 0 heterocycles. The molecule has 1 aliphatic carbocycles. The molecule has 0 radical (unpaired) electrons. The van der Waals surface area contributed by atoms with Crippen molar-refractivity contribution < 1.29 is 18.0 Å². The minimum absolute atomic E-state index is 0.0982. The van der Waals surface area contributed by atoms with Gasteiger partial charge in [-0.2, -0.15) is 0 Å². The average molecular weight is 613 g/mol. The van der Waals surface area contributed by atoms with Gasteiger partial charge >= 0.3 is 0 Å². The summed E-state index contributed by atoms with van der Waals surface area (Å²) in [6, 6.07) is 11.6. The molecule has 1 aliphatic rings. The van der Waals surface area contributed by atoms with Crippen LogP contribution in [-0.4, -0.2) is 50.0 Å². The lowest BCUT2D eigenvalue weighted by Crippen LogP contribution is -2.53. The van der Waals surface area contributed by atoms with Crippen LogP contribution in [0.2, 0.25) is 5.02 Å². The third-order valence-corrected chi connectivity index (χ3v) is 8.99. The fourth-order valence-corrected chi connectivity index (χ4v) is 5.86. The van der Waals surface area contributed by atoms with E-state index in [0.29, 0.717) is 17.1 Å². The summed E-state index contributed by atoms with van der Waals surface area (Å²) in [5.74, 6) is -0.659. The highest BCUT2D eigenvalue weighted by Gasteiger charge is 2.32. The van der Waals surface area contributed by atoms with Crippen LogP contribution in [0.25, 0.3) is 0 Å². The zero-order valence-electron chi connectivity index (χ0n) is 21.5. The molecule has 1 N–H and O–H groups in total. The van der Waals surface area contributed by atoms with Gasteiger partial charge in [-0.1, -0.05) is 65.8 Å². The van der Waals surface area contributed by atoms with Gasteiger partial charge in [-0.05, 0) is 67.6 Å². The molecule has 1 fully saturated rings. The van der Waals surface area contributed by atoms with Gasteiger partial charge in [-0.25, -0.2) is 8.42 Å². The number of anilines is 1. The molecule has 0 saturated heterocycles. The van der Waals surface area contributed by atoms with Crippen molar-refractivity contribution in [2.24, 2.45) is 0 Å². The van der Waals surface area contributed by atoms with Crippen molar-refractivity contribution in [1.29, 1.82) is 0 Å². The second-order valence-electron chi connectivity index (χ2n) is 9.62. The van der Waals surface area contributed by atoms with Crippen molar-refractivity contribution >= 4 is 55.1 Å². The van der Waals surface area contributed by atoms with Crippen LogP contribution >= 0.6 is 27.5 Å². The Morgan fingerprint density at radius 2 is 1.76 bits per heavy atom. The molecule has 2 amide bonds. The average Bonchev–Trinajstić information content (AvgIpc) is 2.85. The molecule has 0 spiro atoms. The van der Waals surface area contributed by atoms with Crippen molar-refractivity contribution in [3.05, 3.63) is 63.1 Å². The predicted molar refractivity (Wildman–Crippen MR) is 152 cm³/mol. The first-order valence-electron chi connectivity index (χ1n) is 12.6. The molecule has 0 aromatic heterocycles. The molecule has 3 rings (SSSR count). The van der Waals surface area contributed by atoms with Crippen molar-refractivity contribution in [3.8, 4) is 0 Å². The summed E-state index contributed by atoms with van der Waals surface area (Å²) in [4.78, 5) is 28.7. The van der Waals surface area contributed by atoms with Gasteiger partial charge in [0.05, 0.1) is 11.9 Å². The zero-order chi connectivity index (χ0) is 27.2. The topological polar surface area (TPSA) is 86.8 Å². The Kier molecular flexibility index (Phi) is 10.4. The number of nitrogens with one attached hydrogen (secondary N) is 1. The number of halogens is 2. The van der Waals surface area contributed by atoms with Gasteiger partial charge in [0, 0.05) is 22.1 Å². The van der Waals surface area contributed by atoms with E-state index in [1.165, 1.54) is 11.3 Å². The zero-order valence-corrected chi connectivity index (χ0v) is 24.7. The summed E-state index contributed by atoms with van der Waals surface area (Å²) in [7, 11) is -3.78. The molecule has 0 aliphatic heterocycles. The van der Waals surface area contributed by atoms with E-state index in [4.69, 9.17) is 11.6 Å². The molecule has 7 nitrogen and oxygen atoms in total. The lowest BCUT2D eigenvalue weighted by atomic mass is 9.95. The second-order valence-corrected chi connectivity index (χ2v) is 12.8. The summed E-state index contributed by atoms with van der Waals surface area (Å²) < 4.78 is 27.5. The summed E-state index contributed by atoms with van der Waals surface area (Å²) in [5.41, 5.74) is 2.03. The monoisotopic (exact) mass is 611 g/mol. The van der Waals surface area contributed by atoms with Crippen LogP contribution in [0, 0.1) is 6.92 Å². The van der Waals surface area contributed by atoms with E-state index in [-0.39, 0.29) is 18.5 Å². The number of rotatable bonds is 10. The Balaban J connectivity index is 1.92. The Morgan fingerprint density at radius 3 is 2.32 bits per heavy atom. The van der Waals surface area contributed by atoms with Gasteiger partial charge in [0.15, 0.2) is 0 Å². The van der Waals surface area contributed by atoms with E-state index >= 15 is 0 Å². The molecular weight excluding hydrogens is 578 g/mol. The Hall–Kier alpha value is -2.10. The van der Waals surface area contributed by atoms with Crippen LogP contribution in [0.1, 0.15) is 56.6 Å². The minimum Gasteiger partial charge on any atom is -0.352 e. The number of aryl methyl sites for hydroxylation is 1. The van der Waals surface area contributed by atoms with Crippen molar-refractivity contribution in [3.63, 3.8) is 0 Å². The lowest BCUT2D eigenvalue weighted by molar-refractivity contribution is -0.140. The first-order valence-corrected chi connectivity index (χ1v) is 15.6. The van der Waals surface area contributed by atoms with Crippen LogP contribution in [0.5, 0.6) is 0 Å². The Morgan fingerprint density at radius 1 is 1.11 bits per heavy atom. The quantitative estimate of drug-likeness (QED) is 0.388. The molecule has 2 aromatic carbocycles. The maximum Gasteiger partial charge on any atom is 0.244 e. The fourth-order valence-electron chi connectivity index (χ4n) is 4.65. The van der Waals surface area contributed by atoms with E-state index in [1.807, 2.05) is 13.8 Å². The molecular formula is C27H35BrClN3O4S. The molecule has 1 saturated carbocycles. The molecule has 2 aromatic rings. The molecule has 1 atom stereocenters. The molecule has 0 bridgehead atoms. The number of hydrogen-bond acceptors (Lipinski definition) is 4. The highest BCUT2D eigenvalue weighted by Crippen LogP contribution is 2.26. The van der Waals surface area contributed by atoms with E-state index in [1.54, 1.807) is 42.5 Å². The molecule has 10 heteroatoms. The van der Waals surface area contributed by atoms with Gasteiger partial charge in [0.2, 0.25) is 21.8 Å². The summed E-state index contributed by atoms with van der Waals surface area (Å²) in [5, 5.41) is 3.71. The number of carbonyl (C=O) groups excluding carboxylic acids is 2. The van der Waals surface area contributed by atoms with Crippen LogP contribution in [0.15, 0.2) is 46.9 Å². The SMILES string of the molecule is CC[C@@H](C(=O)NC1CCCCC1)N(Cc1ccc(Cl)cc1)C(=O)CN(c1ccc(Br)c(C)c1)S(C)(=O)=O. The number of carbonyl (C=O) groups is 2. The van der Waals surface area contributed by atoms with Crippen LogP contribution < -0.4 is 9.62 Å². The Labute approximate surface area is 233 Å². The number of benzene rings is 2. The normalized spacial score (nSPS) is 15.2. The van der Waals surface area contributed by atoms with Gasteiger partial charge < -0.3 is 10.2 Å². The lowest BCUT2D eigenvalue weighted by Gasteiger charge is -2.34. The van der Waals surface area contributed by atoms with Gasteiger partial charge in [0.25, 0.3) is 0 Å². The van der Waals surface area contributed by atoms with Crippen molar-refractivity contribution in [2.45, 2.75) is 71.0 Å². The van der Waals surface area contributed by atoms with E-state index in [2.05, 4.69) is 21.2 Å². The van der Waals surface area contributed by atoms with Gasteiger partial charge in [0.1, 0.15) is 12.6 Å². The predicted octanol–water partition coefficient (Wildman–Crippen LogP) is 5.43. The largest absolute Gasteiger partial charge is 0.352 e. The molecule has 202 valence electrons. The third-order valence-electron chi connectivity index (χ3n) is 6.71. The maximum absolute atomic E-state index is 13.8. The summed E-state index contributed by atoms with van der Waals surface area (Å²) >= 11 is 9.48. The first-order chi connectivity index (χ1) is 17.5. The standard InChI is InChI=1S/C27H35BrClN3O4S/c1-4-25(27(34)30-22-8-6-5-7-9-22)31(17-20-10-12-21(29)13-11-20)26(33)18-32(37(3,35)36)23-14-15-24(28)19(2)16-23/h10-16,22,25H,4-9,17-18H2,1-3H3,(H,30,34)/t25-/m0/s1. The maximum atomic E-state index is 13.8. The number of nitrogens with zero attached hydrogens (tertiary/aromatic N) is 2. The van der Waals surface area contributed by atoms with Crippen LogP contribution in [0.3, 0.4) is 0 Å². The van der Waals surface area contributed by atoms with Gasteiger partial charge in [-0.3, -0.25) is 13.9 Å². The minimum atomic E-state index is -3.78. The summed E-state index contributed by atoms with van der Waals surface area (Å²) in [6.07, 6.45) is 6.65. The van der Waals surface area contributed by atoms with E-state index in [0.717, 1.165) is 51.8 Å². The highest BCUT2D eigenvalue weighted by molar-refractivity contribution is 9.10. The number of amides is 2. The second kappa shape index (κ2) is 13.1. The van der Waals surface area contributed by atoms with E-state index < -0.39 is 28.5 Å². The number of hydrogen-bond donors (Lipinski definition) is 1. The first kappa shape index (κ1) is 29.5. The summed E-state index contributed by atoms with van der Waals surface area (Å²) in [6.45, 7) is 3.45. The number of sulfonamides is 1. The van der Waals surface area contributed by atoms with Crippen LogP contribution in [-0.2, 0) is 26.2 Å². The third kappa shape index (κ3) is 8.19. The fraction of sp³-hybridized carbons (Fsp3) is 0.481. The molecule has 37 heavy (non-hydrogen) atoms. The van der Waals surface area contributed by atoms with Crippen molar-refractivity contribution in [2.75, 3.05) is 17.1 Å². The Bertz CT molecular complexity index is 1200. The van der Waals surface area contributed by atoms with Gasteiger partial charge in [-0.15, -0.1) is 0 Å². The van der Waals surface area contributed by atoms with Crippen LogP contribution in [0.4, 0.5) is 5.69 Å².